The minimum Gasteiger partial charge on any atom is -0.445 e. The molecule has 9 heteroatoms. The molecule has 0 bridgehead atoms. The van der Waals surface area contributed by atoms with E-state index in [0.29, 0.717) is 5.69 Å². The fourth-order valence-electron chi connectivity index (χ4n) is 3.06. The van der Waals surface area contributed by atoms with Gasteiger partial charge in [-0.2, -0.15) is 0 Å². The van der Waals surface area contributed by atoms with Crippen molar-refractivity contribution in [3.05, 3.63) is 93.4 Å². The van der Waals surface area contributed by atoms with Crippen molar-refractivity contribution in [1.29, 1.82) is 0 Å². The minimum atomic E-state index is -1.01. The molecule has 0 saturated heterocycles. The molecule has 182 valence electrons. The number of ether oxygens (including phenoxy) is 2. The Morgan fingerprint density at radius 1 is 0.971 bits per heavy atom. The van der Waals surface area contributed by atoms with Crippen LogP contribution in [0.25, 0.3) is 0 Å². The van der Waals surface area contributed by atoms with Crippen LogP contribution in [0.15, 0.2) is 77.3 Å². The zero-order valence-corrected chi connectivity index (χ0v) is 21.4. The summed E-state index contributed by atoms with van der Waals surface area (Å²) in [6, 6.07) is 19.5. The number of carbonyl (C=O) groups is 3. The van der Waals surface area contributed by atoms with E-state index in [1.54, 1.807) is 38.1 Å². The highest BCUT2D eigenvalue weighted by molar-refractivity contribution is 9.10. The lowest BCUT2D eigenvalue weighted by molar-refractivity contribution is -0.137. The maximum atomic E-state index is 13.0. The molecule has 0 aliphatic rings. The molecule has 1 atom stereocenters. The van der Waals surface area contributed by atoms with Crippen molar-refractivity contribution < 1.29 is 23.9 Å². The van der Waals surface area contributed by atoms with Gasteiger partial charge in [-0.25, -0.2) is 9.59 Å². The fraction of sp³-hybridized carbons (Fsp3) is 0.192. The second kappa shape index (κ2) is 12.4. The first kappa shape index (κ1) is 26.2. The number of halogens is 2. The first-order chi connectivity index (χ1) is 16.7. The monoisotopic (exact) mass is 558 g/mol. The van der Waals surface area contributed by atoms with E-state index in [9.17, 15) is 14.4 Å². The number of carbonyl (C=O) groups excluding carboxylic acids is 3. The average molecular weight is 560 g/mol. The van der Waals surface area contributed by atoms with Gasteiger partial charge in [-0.1, -0.05) is 71.7 Å². The maximum absolute atomic E-state index is 13.0. The Bertz CT molecular complexity index is 1190. The highest BCUT2D eigenvalue weighted by atomic mass is 79.9. The fourth-order valence-corrected chi connectivity index (χ4v) is 3.49. The van der Waals surface area contributed by atoms with Crippen molar-refractivity contribution in [3.8, 4) is 5.75 Å². The average Bonchev–Trinajstić information content (AvgIpc) is 2.83. The van der Waals surface area contributed by atoms with Crippen LogP contribution in [-0.2, 0) is 16.1 Å². The third-order valence-electron chi connectivity index (χ3n) is 4.91. The van der Waals surface area contributed by atoms with Gasteiger partial charge in [-0.15, -0.1) is 0 Å². The first-order valence-electron chi connectivity index (χ1n) is 10.8. The summed E-state index contributed by atoms with van der Waals surface area (Å²) >= 11 is 9.43. The first-order valence-corrected chi connectivity index (χ1v) is 12.0. The number of alkyl carbamates (subject to hydrolysis) is 1. The number of hydrogen-bond donors (Lipinski definition) is 2. The van der Waals surface area contributed by atoms with Gasteiger partial charge in [0.25, 0.3) is 5.91 Å². The zero-order chi connectivity index (χ0) is 25.4. The van der Waals surface area contributed by atoms with Gasteiger partial charge in [0, 0.05) is 21.2 Å². The largest absolute Gasteiger partial charge is 0.445 e. The van der Waals surface area contributed by atoms with Crippen LogP contribution in [0.2, 0.25) is 5.02 Å². The van der Waals surface area contributed by atoms with Crippen molar-refractivity contribution in [2.45, 2.75) is 26.5 Å². The molecule has 0 aliphatic heterocycles. The molecule has 0 fully saturated rings. The van der Waals surface area contributed by atoms with Crippen LogP contribution in [0.4, 0.5) is 10.5 Å². The topological polar surface area (TPSA) is 93.7 Å². The molecule has 0 aromatic heterocycles. The lowest BCUT2D eigenvalue weighted by atomic mass is 10.0. The van der Waals surface area contributed by atoms with Gasteiger partial charge in [0.1, 0.15) is 18.4 Å². The molecule has 0 unspecified atom stereocenters. The summed E-state index contributed by atoms with van der Waals surface area (Å²) < 4.78 is 11.6. The summed E-state index contributed by atoms with van der Waals surface area (Å²) in [6.45, 7) is 3.56. The molecule has 0 aliphatic carbocycles. The van der Waals surface area contributed by atoms with E-state index in [-0.39, 0.29) is 28.9 Å². The van der Waals surface area contributed by atoms with Crippen LogP contribution in [-0.4, -0.2) is 24.0 Å². The van der Waals surface area contributed by atoms with Crippen LogP contribution in [0.3, 0.4) is 0 Å². The number of nitrogens with one attached hydrogen (secondary N) is 2. The third kappa shape index (κ3) is 7.83. The van der Waals surface area contributed by atoms with Gasteiger partial charge in [-0.05, 0) is 47.9 Å². The zero-order valence-electron chi connectivity index (χ0n) is 19.1. The predicted molar refractivity (Wildman–Crippen MR) is 138 cm³/mol. The second-order valence-corrected chi connectivity index (χ2v) is 9.30. The van der Waals surface area contributed by atoms with Crippen molar-refractivity contribution in [3.63, 3.8) is 0 Å². The Balaban J connectivity index is 1.70. The number of anilines is 1. The molecular formula is C26H24BrClN2O5. The lowest BCUT2D eigenvalue weighted by Crippen LogP contribution is -2.46. The number of benzene rings is 3. The molecule has 0 saturated carbocycles. The van der Waals surface area contributed by atoms with Crippen LogP contribution >= 0.6 is 27.5 Å². The van der Waals surface area contributed by atoms with Crippen molar-refractivity contribution >= 4 is 51.2 Å². The van der Waals surface area contributed by atoms with Gasteiger partial charge in [0.15, 0.2) is 0 Å². The van der Waals surface area contributed by atoms with Gasteiger partial charge in [0.05, 0.1) is 5.56 Å². The quantitative estimate of drug-likeness (QED) is 0.253. The molecule has 0 heterocycles. The normalized spacial score (nSPS) is 11.5. The van der Waals surface area contributed by atoms with Gasteiger partial charge in [-0.3, -0.25) is 4.79 Å². The Hall–Kier alpha value is -3.36. The maximum Gasteiger partial charge on any atom is 0.408 e. The second-order valence-electron chi connectivity index (χ2n) is 7.95. The van der Waals surface area contributed by atoms with Crippen molar-refractivity contribution in [2.24, 2.45) is 5.92 Å². The SMILES string of the molecule is CC(C)[C@H](NC(=O)OCc1ccccc1)C(=O)Oc1cc(Cl)ccc1C(=O)Nc1ccc(Br)cc1. The number of rotatable bonds is 8. The number of amides is 2. The number of esters is 1. The molecule has 2 amide bonds. The van der Waals surface area contributed by atoms with Crippen LogP contribution in [0, 0.1) is 5.92 Å². The Morgan fingerprint density at radius 2 is 1.66 bits per heavy atom. The predicted octanol–water partition coefficient (Wildman–Crippen LogP) is 6.21. The van der Waals surface area contributed by atoms with Gasteiger partial charge >= 0.3 is 12.1 Å². The summed E-state index contributed by atoms with van der Waals surface area (Å²) in [5, 5.41) is 5.57. The molecule has 7 nitrogen and oxygen atoms in total. The Kier molecular flexibility index (Phi) is 9.28. The highest BCUT2D eigenvalue weighted by Crippen LogP contribution is 2.26. The molecule has 35 heavy (non-hydrogen) atoms. The Labute approximate surface area is 216 Å². The molecule has 2 N–H and O–H groups in total. The van der Waals surface area contributed by atoms with E-state index in [1.165, 1.54) is 18.2 Å². The minimum absolute atomic E-state index is 0.0257. The summed E-state index contributed by atoms with van der Waals surface area (Å²) in [4.78, 5) is 38.2. The molecule has 3 rings (SSSR count). The van der Waals surface area contributed by atoms with E-state index in [2.05, 4.69) is 26.6 Å². The van der Waals surface area contributed by atoms with Gasteiger partial charge in [0.2, 0.25) is 0 Å². The van der Waals surface area contributed by atoms with E-state index in [0.717, 1.165) is 10.0 Å². The van der Waals surface area contributed by atoms with E-state index < -0.39 is 24.0 Å². The van der Waals surface area contributed by atoms with Crippen LogP contribution in [0.1, 0.15) is 29.8 Å². The summed E-state index contributed by atoms with van der Waals surface area (Å²) in [5.74, 6) is -1.58. The molecule has 3 aromatic rings. The summed E-state index contributed by atoms with van der Waals surface area (Å²) in [7, 11) is 0. The van der Waals surface area contributed by atoms with Gasteiger partial charge < -0.3 is 20.1 Å². The standard InChI is InChI=1S/C26H24BrClN2O5/c1-16(2)23(30-26(33)34-15-17-6-4-3-5-7-17)25(32)35-22-14-19(28)10-13-21(22)24(31)29-20-11-8-18(27)9-12-20/h3-14,16,23H,15H2,1-2H3,(H,29,31)(H,30,33)/t23-/m0/s1. The van der Waals surface area contributed by atoms with Crippen LogP contribution < -0.4 is 15.4 Å². The highest BCUT2D eigenvalue weighted by Gasteiger charge is 2.28. The summed E-state index contributed by atoms with van der Waals surface area (Å²) in [5.41, 5.74) is 1.49. The van der Waals surface area contributed by atoms with E-state index >= 15 is 0 Å². The van der Waals surface area contributed by atoms with E-state index in [1.807, 2.05) is 30.3 Å². The molecular weight excluding hydrogens is 536 g/mol. The lowest BCUT2D eigenvalue weighted by Gasteiger charge is -2.21. The molecule has 3 aromatic carbocycles. The van der Waals surface area contributed by atoms with Crippen molar-refractivity contribution in [1.82, 2.24) is 5.32 Å². The van der Waals surface area contributed by atoms with E-state index in [4.69, 9.17) is 21.1 Å². The van der Waals surface area contributed by atoms with Crippen LogP contribution in [0.5, 0.6) is 5.75 Å². The molecule has 0 spiro atoms. The number of hydrogen-bond acceptors (Lipinski definition) is 5. The Morgan fingerprint density at radius 3 is 2.31 bits per heavy atom. The van der Waals surface area contributed by atoms with Crippen molar-refractivity contribution in [2.75, 3.05) is 5.32 Å². The smallest absolute Gasteiger partial charge is 0.408 e. The summed E-state index contributed by atoms with van der Waals surface area (Å²) in [6.07, 6.45) is -0.760. The molecule has 0 radical (unpaired) electrons. The third-order valence-corrected chi connectivity index (χ3v) is 5.67.